The number of carbonyl (C=O) groups excluding carboxylic acids is 3. The van der Waals surface area contributed by atoms with Gasteiger partial charge in [0.2, 0.25) is 0 Å². The van der Waals surface area contributed by atoms with E-state index in [9.17, 15) is 14.4 Å². The van der Waals surface area contributed by atoms with Crippen LogP contribution in [-0.4, -0.2) is 24.1 Å². The van der Waals surface area contributed by atoms with Crippen LogP contribution in [0, 0.1) is 11.8 Å². The van der Waals surface area contributed by atoms with Crippen molar-refractivity contribution in [2.45, 2.75) is 46.0 Å². The van der Waals surface area contributed by atoms with Gasteiger partial charge in [0.1, 0.15) is 0 Å². The Morgan fingerprint density at radius 3 is 2.52 bits per heavy atom. The average Bonchev–Trinajstić information content (AvgIpc) is 2.52. The van der Waals surface area contributed by atoms with Crippen LogP contribution in [0.1, 0.15) is 56.5 Å². The first-order chi connectivity index (χ1) is 10.8. The smallest absolute Gasteiger partial charge is 0.324 e. The van der Waals surface area contributed by atoms with Crippen molar-refractivity contribution < 1.29 is 19.1 Å². The van der Waals surface area contributed by atoms with Gasteiger partial charge in [-0.15, -0.1) is 0 Å². The maximum absolute atomic E-state index is 13.0. The topological polar surface area (TPSA) is 60.4 Å². The number of esters is 1. The fourth-order valence-corrected chi connectivity index (χ4v) is 3.18. The molecule has 2 rings (SSSR count). The standard InChI is InChI=1S/C19H24O4/c1-5-23-18(22)15-16(20)13-8-6-7-9-14(13)19(4,17(15)21)11-10-12(2)3/h6-9,12,15H,5,10-11H2,1-4H3/t15?,19-/m0/s1. The van der Waals surface area contributed by atoms with Gasteiger partial charge >= 0.3 is 5.97 Å². The minimum Gasteiger partial charge on any atom is -0.465 e. The van der Waals surface area contributed by atoms with Crippen LogP contribution in [0.2, 0.25) is 0 Å². The van der Waals surface area contributed by atoms with Crippen LogP contribution in [0.5, 0.6) is 0 Å². The van der Waals surface area contributed by atoms with Crippen LogP contribution in [0.25, 0.3) is 0 Å². The maximum Gasteiger partial charge on any atom is 0.324 e. The van der Waals surface area contributed by atoms with Gasteiger partial charge in [0.25, 0.3) is 0 Å². The molecule has 124 valence electrons. The highest BCUT2D eigenvalue weighted by molar-refractivity contribution is 6.28. The van der Waals surface area contributed by atoms with Crippen LogP contribution in [-0.2, 0) is 19.7 Å². The summed E-state index contributed by atoms with van der Waals surface area (Å²) in [5.41, 5.74) is 0.374. The molecule has 0 saturated heterocycles. The lowest BCUT2D eigenvalue weighted by Crippen LogP contribution is -2.49. The van der Waals surface area contributed by atoms with Crippen molar-refractivity contribution >= 4 is 17.5 Å². The van der Waals surface area contributed by atoms with Crippen molar-refractivity contribution in [1.29, 1.82) is 0 Å². The number of hydrogen-bond donors (Lipinski definition) is 0. The lowest BCUT2D eigenvalue weighted by molar-refractivity contribution is -0.151. The molecule has 0 radical (unpaired) electrons. The van der Waals surface area contributed by atoms with Gasteiger partial charge in [0.05, 0.1) is 12.0 Å². The summed E-state index contributed by atoms with van der Waals surface area (Å²) >= 11 is 0. The molecule has 1 aromatic rings. The summed E-state index contributed by atoms with van der Waals surface area (Å²) in [6.45, 7) is 7.85. The second-order valence-corrected chi connectivity index (χ2v) is 6.72. The van der Waals surface area contributed by atoms with Crippen LogP contribution in [0.3, 0.4) is 0 Å². The predicted octanol–water partition coefficient (Wildman–Crippen LogP) is 3.33. The zero-order valence-corrected chi connectivity index (χ0v) is 14.2. The Kier molecular flexibility index (Phi) is 5.03. The van der Waals surface area contributed by atoms with Gasteiger partial charge in [-0.25, -0.2) is 0 Å². The highest BCUT2D eigenvalue weighted by Gasteiger charge is 2.51. The van der Waals surface area contributed by atoms with Gasteiger partial charge in [-0.3, -0.25) is 14.4 Å². The number of benzene rings is 1. The zero-order valence-electron chi connectivity index (χ0n) is 14.2. The third-order valence-electron chi connectivity index (χ3n) is 4.60. The van der Waals surface area contributed by atoms with Crippen molar-refractivity contribution in [2.75, 3.05) is 6.61 Å². The Labute approximate surface area is 137 Å². The molecule has 0 heterocycles. The molecule has 0 aliphatic heterocycles. The van der Waals surface area contributed by atoms with E-state index < -0.39 is 23.1 Å². The van der Waals surface area contributed by atoms with Gasteiger partial charge in [-0.05, 0) is 38.2 Å². The van der Waals surface area contributed by atoms with E-state index in [4.69, 9.17) is 4.74 Å². The first-order valence-electron chi connectivity index (χ1n) is 8.17. The van der Waals surface area contributed by atoms with Gasteiger partial charge in [-0.2, -0.15) is 0 Å². The SMILES string of the molecule is CCOC(=O)C1C(=O)c2ccccc2[C@](C)(CCC(C)C)C1=O. The van der Waals surface area contributed by atoms with E-state index in [1.165, 1.54) is 0 Å². The Bertz CT molecular complexity index is 632. The molecule has 0 amide bonds. The first-order valence-corrected chi connectivity index (χ1v) is 8.17. The maximum atomic E-state index is 13.0. The minimum atomic E-state index is -1.33. The fourth-order valence-electron chi connectivity index (χ4n) is 3.18. The number of fused-ring (bicyclic) bond motifs is 1. The fraction of sp³-hybridized carbons (Fsp3) is 0.526. The number of hydrogen-bond acceptors (Lipinski definition) is 4. The summed E-state index contributed by atoms with van der Waals surface area (Å²) in [6.07, 6.45) is 1.46. The molecule has 0 fully saturated rings. The molecule has 1 unspecified atom stereocenters. The minimum absolute atomic E-state index is 0.153. The third-order valence-corrected chi connectivity index (χ3v) is 4.60. The molecule has 0 bridgehead atoms. The number of ketones is 2. The Hall–Kier alpha value is -1.97. The second-order valence-electron chi connectivity index (χ2n) is 6.72. The lowest BCUT2D eigenvalue weighted by atomic mass is 9.63. The van der Waals surface area contributed by atoms with Crippen molar-refractivity contribution in [3.05, 3.63) is 35.4 Å². The van der Waals surface area contributed by atoms with Gasteiger partial charge in [-0.1, -0.05) is 38.1 Å². The molecule has 0 saturated carbocycles. The van der Waals surface area contributed by atoms with Gasteiger partial charge in [0, 0.05) is 5.56 Å². The van der Waals surface area contributed by atoms with E-state index in [0.717, 1.165) is 12.0 Å². The Balaban J connectivity index is 2.52. The van der Waals surface area contributed by atoms with E-state index in [1.54, 1.807) is 19.1 Å². The van der Waals surface area contributed by atoms with Crippen LogP contribution in [0.4, 0.5) is 0 Å². The van der Waals surface area contributed by atoms with E-state index >= 15 is 0 Å². The van der Waals surface area contributed by atoms with Gasteiger partial charge < -0.3 is 4.74 Å². The zero-order chi connectivity index (χ0) is 17.2. The highest BCUT2D eigenvalue weighted by Crippen LogP contribution is 2.41. The molecule has 2 atom stereocenters. The van der Waals surface area contributed by atoms with Crippen LogP contribution in [0.15, 0.2) is 24.3 Å². The van der Waals surface area contributed by atoms with E-state index in [-0.39, 0.29) is 12.4 Å². The molecule has 1 aliphatic rings. The summed E-state index contributed by atoms with van der Waals surface area (Å²) < 4.78 is 4.98. The van der Waals surface area contributed by atoms with Crippen LogP contribution < -0.4 is 0 Å². The first kappa shape index (κ1) is 17.4. The summed E-state index contributed by atoms with van der Waals surface area (Å²) in [7, 11) is 0. The normalized spacial score (nSPS) is 23.8. The molecular weight excluding hydrogens is 292 g/mol. The lowest BCUT2D eigenvalue weighted by Gasteiger charge is -2.37. The number of ether oxygens (including phenoxy) is 1. The summed E-state index contributed by atoms with van der Waals surface area (Å²) in [6, 6.07) is 7.12. The molecular formula is C19H24O4. The molecule has 4 heteroatoms. The average molecular weight is 316 g/mol. The number of carbonyl (C=O) groups is 3. The van der Waals surface area contributed by atoms with Crippen molar-refractivity contribution in [3.8, 4) is 0 Å². The monoisotopic (exact) mass is 316 g/mol. The summed E-state index contributed by atoms with van der Waals surface area (Å²) in [4.78, 5) is 37.9. The molecule has 1 aliphatic carbocycles. The third kappa shape index (κ3) is 3.07. The largest absolute Gasteiger partial charge is 0.465 e. The molecule has 0 N–H and O–H groups in total. The number of rotatable bonds is 5. The van der Waals surface area contributed by atoms with E-state index in [1.807, 2.05) is 19.1 Å². The molecule has 23 heavy (non-hydrogen) atoms. The molecule has 4 nitrogen and oxygen atoms in total. The summed E-state index contributed by atoms with van der Waals surface area (Å²) in [5.74, 6) is -2.40. The Morgan fingerprint density at radius 2 is 1.91 bits per heavy atom. The molecule has 0 aromatic heterocycles. The predicted molar refractivity (Wildman–Crippen MR) is 87.3 cm³/mol. The highest BCUT2D eigenvalue weighted by atomic mass is 16.5. The van der Waals surface area contributed by atoms with E-state index in [2.05, 4.69) is 13.8 Å². The van der Waals surface area contributed by atoms with Crippen molar-refractivity contribution in [3.63, 3.8) is 0 Å². The molecule has 0 spiro atoms. The number of Topliss-reactive ketones (excluding diaryl/α,β-unsaturated/α-hetero) is 2. The van der Waals surface area contributed by atoms with Crippen molar-refractivity contribution in [1.82, 2.24) is 0 Å². The summed E-state index contributed by atoms with van der Waals surface area (Å²) in [5, 5.41) is 0. The van der Waals surface area contributed by atoms with Crippen LogP contribution >= 0.6 is 0 Å². The van der Waals surface area contributed by atoms with Crippen molar-refractivity contribution in [2.24, 2.45) is 11.8 Å². The molecule has 1 aromatic carbocycles. The second kappa shape index (κ2) is 6.65. The Morgan fingerprint density at radius 1 is 1.26 bits per heavy atom. The van der Waals surface area contributed by atoms with E-state index in [0.29, 0.717) is 17.9 Å². The quantitative estimate of drug-likeness (QED) is 0.617. The van der Waals surface area contributed by atoms with Gasteiger partial charge in [0.15, 0.2) is 17.5 Å².